The Hall–Kier alpha value is -1.39. The molecule has 0 saturated carbocycles. The van der Waals surface area contributed by atoms with Crippen LogP contribution in [0.5, 0.6) is 0 Å². The van der Waals surface area contributed by atoms with Gasteiger partial charge in [0.1, 0.15) is 11.8 Å². The molecule has 0 aliphatic carbocycles. The number of carboxylic acid groups (broad SMARTS) is 1. The van der Waals surface area contributed by atoms with E-state index in [1.54, 1.807) is 0 Å². The van der Waals surface area contributed by atoms with Crippen LogP contribution < -0.4 is 0 Å². The highest BCUT2D eigenvalue weighted by molar-refractivity contribution is 5.87. The number of ketones is 1. The fourth-order valence-corrected chi connectivity index (χ4v) is 1.75. The van der Waals surface area contributed by atoms with E-state index in [4.69, 9.17) is 5.11 Å². The van der Waals surface area contributed by atoms with Crippen molar-refractivity contribution in [2.24, 2.45) is 0 Å². The lowest BCUT2D eigenvalue weighted by atomic mass is 10.2. The number of carboxylic acids is 1. The topological polar surface area (TPSA) is 74.7 Å². The number of aliphatic carboxylic acids is 1. The molecule has 1 atom stereocenters. The molecule has 1 fully saturated rings. The largest absolute Gasteiger partial charge is 0.480 e. The molecule has 1 N–H and O–H groups in total. The zero-order valence-electron chi connectivity index (χ0n) is 8.73. The third-order valence-corrected chi connectivity index (χ3v) is 2.55. The zero-order valence-corrected chi connectivity index (χ0v) is 8.73. The Bertz CT molecular complexity index is 287. The van der Waals surface area contributed by atoms with Crippen molar-refractivity contribution < 1.29 is 19.5 Å². The second kappa shape index (κ2) is 4.91. The molecule has 1 aliphatic heterocycles. The van der Waals surface area contributed by atoms with Crippen molar-refractivity contribution in [2.75, 3.05) is 6.54 Å². The van der Waals surface area contributed by atoms with E-state index in [2.05, 4.69) is 0 Å². The fourth-order valence-electron chi connectivity index (χ4n) is 1.75. The van der Waals surface area contributed by atoms with Crippen LogP contribution in [0.25, 0.3) is 0 Å². The Labute approximate surface area is 88.1 Å². The molecule has 5 nitrogen and oxygen atoms in total. The summed E-state index contributed by atoms with van der Waals surface area (Å²) in [6, 6.07) is -0.690. The van der Waals surface area contributed by atoms with Gasteiger partial charge in [-0.2, -0.15) is 0 Å². The van der Waals surface area contributed by atoms with Crippen molar-refractivity contribution in [2.45, 2.75) is 38.6 Å². The minimum atomic E-state index is -0.955. The highest BCUT2D eigenvalue weighted by Crippen LogP contribution is 2.18. The average molecular weight is 213 g/mol. The highest BCUT2D eigenvalue weighted by Gasteiger charge is 2.33. The standard InChI is InChI=1S/C10H15NO4/c1-7(12)4-5-9(13)11-6-2-3-8(11)10(14)15/h8H,2-6H2,1H3,(H,14,15). The molecule has 5 heteroatoms. The lowest BCUT2D eigenvalue weighted by molar-refractivity contribution is -0.148. The third kappa shape index (κ3) is 3.04. The van der Waals surface area contributed by atoms with Crippen molar-refractivity contribution in [3.63, 3.8) is 0 Å². The van der Waals surface area contributed by atoms with E-state index in [0.29, 0.717) is 13.0 Å². The van der Waals surface area contributed by atoms with E-state index >= 15 is 0 Å². The van der Waals surface area contributed by atoms with Crippen molar-refractivity contribution in [1.29, 1.82) is 0 Å². The quantitative estimate of drug-likeness (QED) is 0.734. The molecule has 84 valence electrons. The van der Waals surface area contributed by atoms with E-state index in [1.165, 1.54) is 11.8 Å². The second-order valence-electron chi connectivity index (χ2n) is 3.79. The molecule has 15 heavy (non-hydrogen) atoms. The number of carbonyl (C=O) groups is 3. The van der Waals surface area contributed by atoms with Gasteiger partial charge in [0.05, 0.1) is 0 Å². The van der Waals surface area contributed by atoms with Crippen LogP contribution in [0.4, 0.5) is 0 Å². The number of likely N-dealkylation sites (tertiary alicyclic amines) is 1. The van der Waals surface area contributed by atoms with E-state index in [1.807, 2.05) is 0 Å². The summed E-state index contributed by atoms with van der Waals surface area (Å²) in [6.07, 6.45) is 1.56. The average Bonchev–Trinajstić information content (AvgIpc) is 2.62. The first-order valence-electron chi connectivity index (χ1n) is 5.04. The molecule has 0 aromatic rings. The SMILES string of the molecule is CC(=O)CCC(=O)N1CCCC1C(=O)O. The van der Waals surface area contributed by atoms with E-state index in [9.17, 15) is 14.4 Å². The van der Waals surface area contributed by atoms with E-state index in [0.717, 1.165) is 6.42 Å². The van der Waals surface area contributed by atoms with Crippen LogP contribution in [-0.2, 0) is 14.4 Å². The molecule has 1 heterocycles. The van der Waals surface area contributed by atoms with Gasteiger partial charge in [-0.3, -0.25) is 4.79 Å². The zero-order chi connectivity index (χ0) is 11.4. The van der Waals surface area contributed by atoms with Gasteiger partial charge in [-0.05, 0) is 19.8 Å². The molecule has 0 aromatic heterocycles. The molecule has 1 saturated heterocycles. The predicted molar refractivity (Wildman–Crippen MR) is 52.3 cm³/mol. The summed E-state index contributed by atoms with van der Waals surface area (Å²) in [5.41, 5.74) is 0. The number of hydrogen-bond donors (Lipinski definition) is 1. The number of hydrogen-bond acceptors (Lipinski definition) is 3. The van der Waals surface area contributed by atoms with Gasteiger partial charge in [-0.1, -0.05) is 0 Å². The van der Waals surface area contributed by atoms with Gasteiger partial charge in [0.25, 0.3) is 0 Å². The molecule has 0 spiro atoms. The summed E-state index contributed by atoms with van der Waals surface area (Å²) < 4.78 is 0. The Kier molecular flexibility index (Phi) is 3.82. The maximum Gasteiger partial charge on any atom is 0.326 e. The lowest BCUT2D eigenvalue weighted by Gasteiger charge is -2.20. The van der Waals surface area contributed by atoms with Crippen molar-refractivity contribution in [3.8, 4) is 0 Å². The summed E-state index contributed by atoms with van der Waals surface area (Å²) in [5.74, 6) is -1.23. The third-order valence-electron chi connectivity index (χ3n) is 2.55. The summed E-state index contributed by atoms with van der Waals surface area (Å²) in [7, 11) is 0. The molecular formula is C10H15NO4. The lowest BCUT2D eigenvalue weighted by Crippen LogP contribution is -2.40. The number of nitrogens with zero attached hydrogens (tertiary/aromatic N) is 1. The van der Waals surface area contributed by atoms with Crippen LogP contribution in [0, 0.1) is 0 Å². The van der Waals surface area contributed by atoms with Gasteiger partial charge in [0.15, 0.2) is 0 Å². The highest BCUT2D eigenvalue weighted by atomic mass is 16.4. The molecule has 1 unspecified atom stereocenters. The first kappa shape index (κ1) is 11.7. The normalized spacial score (nSPS) is 20.3. The number of Topliss-reactive ketones (excluding diaryl/α,β-unsaturated/α-hetero) is 1. The van der Waals surface area contributed by atoms with Crippen molar-refractivity contribution in [1.82, 2.24) is 4.90 Å². The number of amides is 1. The summed E-state index contributed by atoms with van der Waals surface area (Å²) in [4.78, 5) is 34.4. The van der Waals surface area contributed by atoms with Gasteiger partial charge >= 0.3 is 5.97 Å². The monoisotopic (exact) mass is 213 g/mol. The number of carbonyl (C=O) groups excluding carboxylic acids is 2. The van der Waals surface area contributed by atoms with Crippen LogP contribution in [-0.4, -0.2) is 40.3 Å². The van der Waals surface area contributed by atoms with Crippen molar-refractivity contribution >= 4 is 17.7 Å². The first-order valence-corrected chi connectivity index (χ1v) is 5.04. The first-order chi connectivity index (χ1) is 7.02. The van der Waals surface area contributed by atoms with Gasteiger partial charge < -0.3 is 14.8 Å². The molecule has 1 rings (SSSR count). The fraction of sp³-hybridized carbons (Fsp3) is 0.700. The summed E-state index contributed by atoms with van der Waals surface area (Å²) in [5, 5.41) is 8.85. The van der Waals surface area contributed by atoms with Crippen LogP contribution >= 0.6 is 0 Å². The van der Waals surface area contributed by atoms with E-state index in [-0.39, 0.29) is 24.5 Å². The summed E-state index contributed by atoms with van der Waals surface area (Å²) in [6.45, 7) is 1.92. The van der Waals surface area contributed by atoms with Crippen LogP contribution in [0.15, 0.2) is 0 Å². The van der Waals surface area contributed by atoms with E-state index < -0.39 is 12.0 Å². The Morgan fingerprint density at radius 3 is 2.53 bits per heavy atom. The van der Waals surface area contributed by atoms with Gasteiger partial charge in [0, 0.05) is 19.4 Å². The van der Waals surface area contributed by atoms with Gasteiger partial charge in [-0.25, -0.2) is 4.79 Å². The molecule has 1 amide bonds. The second-order valence-corrected chi connectivity index (χ2v) is 3.79. The minimum Gasteiger partial charge on any atom is -0.480 e. The Balaban J connectivity index is 2.51. The van der Waals surface area contributed by atoms with Gasteiger partial charge in [0.2, 0.25) is 5.91 Å². The molecule has 0 aromatic carbocycles. The smallest absolute Gasteiger partial charge is 0.326 e. The Morgan fingerprint density at radius 2 is 2.00 bits per heavy atom. The molecule has 1 aliphatic rings. The molecular weight excluding hydrogens is 198 g/mol. The maximum atomic E-state index is 11.6. The predicted octanol–water partition coefficient (Wildman–Crippen LogP) is 0.431. The summed E-state index contributed by atoms with van der Waals surface area (Å²) >= 11 is 0. The van der Waals surface area contributed by atoms with Crippen LogP contribution in [0.2, 0.25) is 0 Å². The van der Waals surface area contributed by atoms with Crippen LogP contribution in [0.1, 0.15) is 32.6 Å². The molecule has 0 bridgehead atoms. The maximum absolute atomic E-state index is 11.6. The minimum absolute atomic E-state index is 0.0468. The number of rotatable bonds is 4. The Morgan fingerprint density at radius 1 is 1.33 bits per heavy atom. The van der Waals surface area contributed by atoms with Crippen LogP contribution in [0.3, 0.4) is 0 Å². The van der Waals surface area contributed by atoms with Crippen molar-refractivity contribution in [3.05, 3.63) is 0 Å². The molecule has 0 radical (unpaired) electrons. The van der Waals surface area contributed by atoms with Gasteiger partial charge in [-0.15, -0.1) is 0 Å².